The molecule has 1 N–H and O–H groups in total. The number of benzene rings is 1. The summed E-state index contributed by atoms with van der Waals surface area (Å²) in [6.07, 6.45) is 3.62. The fraction of sp³-hybridized carbons (Fsp3) is 0.176. The lowest BCUT2D eigenvalue weighted by Gasteiger charge is -2.07. The Balaban J connectivity index is 1.68. The molecule has 2 heterocycles. The smallest absolute Gasteiger partial charge is 0.138 e. The van der Waals surface area contributed by atoms with E-state index in [0.29, 0.717) is 6.61 Å². The fourth-order valence-corrected chi connectivity index (χ4v) is 2.14. The van der Waals surface area contributed by atoms with E-state index in [1.165, 1.54) is 0 Å². The van der Waals surface area contributed by atoms with Gasteiger partial charge < -0.3 is 10.1 Å². The highest BCUT2D eigenvalue weighted by atomic mass is 16.5. The lowest BCUT2D eigenvalue weighted by molar-refractivity contribution is 0.300. The van der Waals surface area contributed by atoms with Crippen molar-refractivity contribution in [3.8, 4) is 5.75 Å². The molecule has 2 aromatic heterocycles. The summed E-state index contributed by atoms with van der Waals surface area (Å²) in [5, 5.41) is 4.18. The van der Waals surface area contributed by atoms with E-state index in [-0.39, 0.29) is 0 Å². The summed E-state index contributed by atoms with van der Waals surface area (Å²) in [6, 6.07) is 14.0. The minimum atomic E-state index is 0.444. The second-order valence-electron chi connectivity index (χ2n) is 4.84. The van der Waals surface area contributed by atoms with Gasteiger partial charge in [0.05, 0.1) is 17.4 Å². The van der Waals surface area contributed by atoms with Crippen LogP contribution in [0.4, 0.5) is 0 Å². The molecule has 1 aromatic carbocycles. The predicted molar refractivity (Wildman–Crippen MR) is 83.1 cm³/mol. The predicted octanol–water partition coefficient (Wildman–Crippen LogP) is 2.93. The molecule has 21 heavy (non-hydrogen) atoms. The number of pyridine rings is 2. The van der Waals surface area contributed by atoms with Gasteiger partial charge in [0.2, 0.25) is 0 Å². The second-order valence-corrected chi connectivity index (χ2v) is 4.84. The van der Waals surface area contributed by atoms with Gasteiger partial charge in [-0.15, -0.1) is 0 Å². The average Bonchev–Trinajstić information content (AvgIpc) is 2.54. The van der Waals surface area contributed by atoms with Crippen molar-refractivity contribution in [2.75, 3.05) is 7.05 Å². The van der Waals surface area contributed by atoms with Gasteiger partial charge in [-0.1, -0.05) is 24.3 Å². The van der Waals surface area contributed by atoms with Gasteiger partial charge in [0.15, 0.2) is 0 Å². The zero-order chi connectivity index (χ0) is 14.5. The Bertz CT molecular complexity index is 725. The average molecular weight is 279 g/mol. The molecular weight excluding hydrogens is 262 g/mol. The molecule has 0 bridgehead atoms. The normalized spacial score (nSPS) is 10.7. The van der Waals surface area contributed by atoms with Gasteiger partial charge >= 0.3 is 0 Å². The van der Waals surface area contributed by atoms with Gasteiger partial charge in [0, 0.05) is 18.1 Å². The van der Waals surface area contributed by atoms with Crippen molar-refractivity contribution in [1.82, 2.24) is 15.3 Å². The molecule has 106 valence electrons. The van der Waals surface area contributed by atoms with Crippen molar-refractivity contribution in [1.29, 1.82) is 0 Å². The standard InChI is InChI=1S/C17H17N3O/c1-18-9-13-6-7-15(19-10-13)12-21-16-8-14-4-2-3-5-17(14)20-11-16/h2-8,10-11,18H,9,12H2,1H3. The van der Waals surface area contributed by atoms with Crippen molar-refractivity contribution >= 4 is 10.9 Å². The maximum absolute atomic E-state index is 5.76. The molecular formula is C17H17N3O. The molecule has 0 radical (unpaired) electrons. The number of ether oxygens (including phenoxy) is 1. The van der Waals surface area contributed by atoms with Crippen molar-refractivity contribution in [3.63, 3.8) is 0 Å². The topological polar surface area (TPSA) is 47.0 Å². The van der Waals surface area contributed by atoms with E-state index in [9.17, 15) is 0 Å². The first-order valence-corrected chi connectivity index (χ1v) is 6.91. The first-order chi connectivity index (χ1) is 10.3. The minimum Gasteiger partial charge on any atom is -0.486 e. The summed E-state index contributed by atoms with van der Waals surface area (Å²) in [5.41, 5.74) is 3.04. The van der Waals surface area contributed by atoms with Crippen LogP contribution in [0, 0.1) is 0 Å². The van der Waals surface area contributed by atoms with Gasteiger partial charge in [0.1, 0.15) is 12.4 Å². The Hall–Kier alpha value is -2.46. The first kappa shape index (κ1) is 13.5. The maximum Gasteiger partial charge on any atom is 0.138 e. The lowest BCUT2D eigenvalue weighted by atomic mass is 10.2. The van der Waals surface area contributed by atoms with Gasteiger partial charge in [-0.3, -0.25) is 9.97 Å². The fourth-order valence-electron chi connectivity index (χ4n) is 2.14. The number of aromatic nitrogens is 2. The van der Waals surface area contributed by atoms with E-state index in [1.807, 2.05) is 49.6 Å². The van der Waals surface area contributed by atoms with Gasteiger partial charge in [0.25, 0.3) is 0 Å². The zero-order valence-electron chi connectivity index (χ0n) is 11.9. The molecule has 0 aliphatic rings. The van der Waals surface area contributed by atoms with E-state index >= 15 is 0 Å². The van der Waals surface area contributed by atoms with Crippen LogP contribution >= 0.6 is 0 Å². The van der Waals surface area contributed by atoms with Crippen molar-refractivity contribution in [2.24, 2.45) is 0 Å². The summed E-state index contributed by atoms with van der Waals surface area (Å²) < 4.78 is 5.76. The van der Waals surface area contributed by atoms with Crippen LogP contribution < -0.4 is 10.1 Å². The molecule has 0 aliphatic carbocycles. The zero-order valence-corrected chi connectivity index (χ0v) is 11.9. The quantitative estimate of drug-likeness (QED) is 0.780. The number of fused-ring (bicyclic) bond motifs is 1. The molecule has 4 heteroatoms. The second kappa shape index (κ2) is 6.33. The van der Waals surface area contributed by atoms with E-state index in [2.05, 4.69) is 21.4 Å². The summed E-state index contributed by atoms with van der Waals surface area (Å²) >= 11 is 0. The van der Waals surface area contributed by atoms with Crippen LogP contribution in [0.2, 0.25) is 0 Å². The molecule has 0 spiro atoms. The van der Waals surface area contributed by atoms with Gasteiger partial charge in [-0.05, 0) is 30.8 Å². The molecule has 0 saturated heterocycles. The molecule has 0 atom stereocenters. The molecule has 3 aromatic rings. The Morgan fingerprint density at radius 2 is 1.95 bits per heavy atom. The largest absolute Gasteiger partial charge is 0.486 e. The molecule has 3 rings (SSSR count). The number of nitrogens with zero attached hydrogens (tertiary/aromatic N) is 2. The Morgan fingerprint density at radius 1 is 1.05 bits per heavy atom. The summed E-state index contributed by atoms with van der Waals surface area (Å²) in [6.45, 7) is 1.27. The number of para-hydroxylation sites is 1. The van der Waals surface area contributed by atoms with E-state index in [0.717, 1.165) is 34.5 Å². The molecule has 0 unspecified atom stereocenters. The van der Waals surface area contributed by atoms with E-state index in [4.69, 9.17) is 4.74 Å². The highest BCUT2D eigenvalue weighted by Gasteiger charge is 2.00. The van der Waals surface area contributed by atoms with Crippen LogP contribution in [0.5, 0.6) is 5.75 Å². The van der Waals surface area contributed by atoms with Crippen LogP contribution in [0.1, 0.15) is 11.3 Å². The monoisotopic (exact) mass is 279 g/mol. The SMILES string of the molecule is CNCc1ccc(COc2cnc3ccccc3c2)nc1. The third-order valence-electron chi connectivity index (χ3n) is 3.22. The molecule has 0 saturated carbocycles. The highest BCUT2D eigenvalue weighted by Crippen LogP contribution is 2.18. The Labute approximate surface area is 123 Å². The van der Waals surface area contributed by atoms with Crippen molar-refractivity contribution < 1.29 is 4.74 Å². The van der Waals surface area contributed by atoms with Crippen LogP contribution in [-0.2, 0) is 13.2 Å². The van der Waals surface area contributed by atoms with Crippen LogP contribution in [0.3, 0.4) is 0 Å². The highest BCUT2D eigenvalue weighted by molar-refractivity contribution is 5.79. The molecule has 0 fully saturated rings. The third kappa shape index (κ3) is 3.35. The minimum absolute atomic E-state index is 0.444. The van der Waals surface area contributed by atoms with Crippen molar-refractivity contribution in [2.45, 2.75) is 13.2 Å². The van der Waals surface area contributed by atoms with Gasteiger partial charge in [-0.25, -0.2) is 0 Å². The van der Waals surface area contributed by atoms with E-state index in [1.54, 1.807) is 6.20 Å². The van der Waals surface area contributed by atoms with E-state index < -0.39 is 0 Å². The number of hydrogen-bond donors (Lipinski definition) is 1. The molecule has 0 amide bonds. The lowest BCUT2D eigenvalue weighted by Crippen LogP contribution is -2.06. The van der Waals surface area contributed by atoms with Crippen molar-refractivity contribution in [3.05, 3.63) is 66.1 Å². The van der Waals surface area contributed by atoms with Crippen LogP contribution in [0.15, 0.2) is 54.9 Å². The number of rotatable bonds is 5. The van der Waals surface area contributed by atoms with Gasteiger partial charge in [-0.2, -0.15) is 0 Å². The summed E-state index contributed by atoms with van der Waals surface area (Å²) in [7, 11) is 1.92. The number of nitrogens with one attached hydrogen (secondary N) is 1. The van der Waals surface area contributed by atoms with Crippen LogP contribution in [-0.4, -0.2) is 17.0 Å². The third-order valence-corrected chi connectivity index (χ3v) is 3.22. The first-order valence-electron chi connectivity index (χ1n) is 6.91. The molecule has 4 nitrogen and oxygen atoms in total. The Kier molecular flexibility index (Phi) is 4.07. The van der Waals surface area contributed by atoms with Crippen LogP contribution in [0.25, 0.3) is 10.9 Å². The molecule has 0 aliphatic heterocycles. The summed E-state index contributed by atoms with van der Waals surface area (Å²) in [5.74, 6) is 0.759. The maximum atomic E-state index is 5.76. The Morgan fingerprint density at radius 3 is 2.76 bits per heavy atom. The number of hydrogen-bond acceptors (Lipinski definition) is 4. The summed E-state index contributed by atoms with van der Waals surface area (Å²) in [4.78, 5) is 8.77.